The zero-order valence-corrected chi connectivity index (χ0v) is 14.4. The van der Waals surface area contributed by atoms with Crippen molar-refractivity contribution in [1.29, 1.82) is 0 Å². The number of rotatable bonds is 5. The highest BCUT2D eigenvalue weighted by Crippen LogP contribution is 2.20. The number of piperidine rings is 1. The van der Waals surface area contributed by atoms with Crippen LogP contribution in [0.15, 0.2) is 34.7 Å². The summed E-state index contributed by atoms with van der Waals surface area (Å²) in [5, 5.41) is 5.44. The second-order valence-electron chi connectivity index (χ2n) is 6.28. The predicted molar refractivity (Wildman–Crippen MR) is 92.5 cm³/mol. The van der Waals surface area contributed by atoms with Crippen molar-refractivity contribution in [3.63, 3.8) is 0 Å². The molecule has 6 heteroatoms. The molecule has 132 valence electrons. The van der Waals surface area contributed by atoms with Gasteiger partial charge in [0.25, 0.3) is 5.91 Å². The zero-order valence-electron chi connectivity index (χ0n) is 14.4. The Morgan fingerprint density at radius 1 is 1.32 bits per heavy atom. The van der Waals surface area contributed by atoms with Crippen LogP contribution in [0.3, 0.4) is 0 Å². The van der Waals surface area contributed by atoms with Gasteiger partial charge in [0.2, 0.25) is 5.91 Å². The number of ether oxygens (including phenoxy) is 1. The van der Waals surface area contributed by atoms with Crippen molar-refractivity contribution < 1.29 is 18.7 Å². The van der Waals surface area contributed by atoms with Crippen molar-refractivity contribution in [2.45, 2.75) is 39.3 Å². The van der Waals surface area contributed by atoms with Crippen molar-refractivity contribution >= 4 is 11.8 Å². The Bertz CT molecular complexity index is 781. The van der Waals surface area contributed by atoms with E-state index in [4.69, 9.17) is 9.15 Å². The van der Waals surface area contributed by atoms with Gasteiger partial charge in [0.15, 0.2) is 5.76 Å². The van der Waals surface area contributed by atoms with Gasteiger partial charge in [0.05, 0.1) is 0 Å². The molecular formula is C19H22N2O4. The quantitative estimate of drug-likeness (QED) is 0.875. The normalized spacial score (nSPS) is 17.0. The van der Waals surface area contributed by atoms with E-state index in [9.17, 15) is 9.59 Å². The Morgan fingerprint density at radius 2 is 2.16 bits per heavy atom. The molecule has 2 amide bonds. The summed E-state index contributed by atoms with van der Waals surface area (Å²) in [6, 6.07) is 8.75. The lowest BCUT2D eigenvalue weighted by Gasteiger charge is -2.22. The first-order chi connectivity index (χ1) is 12.0. The molecule has 1 fully saturated rings. The summed E-state index contributed by atoms with van der Waals surface area (Å²) >= 11 is 0. The minimum atomic E-state index is -0.499. The molecule has 1 aliphatic rings. The van der Waals surface area contributed by atoms with Crippen molar-refractivity contribution in [2.75, 3.05) is 6.54 Å². The topological polar surface area (TPSA) is 80.6 Å². The van der Waals surface area contributed by atoms with Gasteiger partial charge in [-0.3, -0.25) is 9.59 Å². The van der Waals surface area contributed by atoms with Crippen molar-refractivity contribution in [2.24, 2.45) is 0 Å². The van der Waals surface area contributed by atoms with Gasteiger partial charge >= 0.3 is 0 Å². The number of carbonyl (C=O) groups excluding carboxylic acids is 2. The van der Waals surface area contributed by atoms with Gasteiger partial charge in [-0.15, -0.1) is 0 Å². The lowest BCUT2D eigenvalue weighted by molar-refractivity contribution is -0.124. The molecule has 0 saturated carbocycles. The van der Waals surface area contributed by atoms with Crippen LogP contribution >= 0.6 is 0 Å². The fraction of sp³-hybridized carbons (Fsp3) is 0.368. The maximum absolute atomic E-state index is 12.2. The number of benzene rings is 1. The van der Waals surface area contributed by atoms with Crippen molar-refractivity contribution in [1.82, 2.24) is 10.6 Å². The molecule has 6 nitrogen and oxygen atoms in total. The highest BCUT2D eigenvalue weighted by Gasteiger charge is 2.25. The molecule has 2 N–H and O–H groups in total. The first-order valence-corrected chi connectivity index (χ1v) is 8.40. The zero-order chi connectivity index (χ0) is 17.8. The van der Waals surface area contributed by atoms with Gasteiger partial charge in [-0.2, -0.15) is 0 Å². The number of amides is 2. The molecule has 0 bridgehead atoms. The van der Waals surface area contributed by atoms with Crippen LogP contribution in [0.1, 0.15) is 40.3 Å². The molecule has 1 aliphatic heterocycles. The van der Waals surface area contributed by atoms with Gasteiger partial charge in [-0.1, -0.05) is 17.7 Å². The number of carbonyl (C=O) groups is 2. The van der Waals surface area contributed by atoms with Crippen LogP contribution in [0.5, 0.6) is 5.75 Å². The predicted octanol–water partition coefficient (Wildman–Crippen LogP) is 2.48. The molecular weight excluding hydrogens is 320 g/mol. The summed E-state index contributed by atoms with van der Waals surface area (Å²) in [5.41, 5.74) is 2.22. The third kappa shape index (κ3) is 4.21. The second-order valence-corrected chi connectivity index (χ2v) is 6.28. The molecule has 1 aromatic carbocycles. The first-order valence-electron chi connectivity index (χ1n) is 8.40. The summed E-state index contributed by atoms with van der Waals surface area (Å²) in [6.45, 7) is 4.91. The first kappa shape index (κ1) is 17.1. The van der Waals surface area contributed by atoms with Gasteiger partial charge in [0, 0.05) is 6.54 Å². The number of hydrogen-bond donors (Lipinski definition) is 2. The molecule has 1 saturated heterocycles. The Labute approximate surface area is 146 Å². The standard InChI is InChI=1S/C19H22N2O4/c1-12-5-7-16(13(2)10-12)24-11-14-6-8-17(25-14)19(23)21-15-4-3-9-20-18(15)22/h5-8,10,15H,3-4,9,11H2,1-2H3,(H,20,22)(H,21,23). The molecule has 2 aromatic rings. The number of furan rings is 1. The Kier molecular flexibility index (Phi) is 5.07. The van der Waals surface area contributed by atoms with E-state index < -0.39 is 6.04 Å². The molecule has 0 spiro atoms. The van der Waals surface area contributed by atoms with E-state index in [0.717, 1.165) is 17.7 Å². The molecule has 1 atom stereocenters. The van der Waals surface area contributed by atoms with Crippen LogP contribution in [0.4, 0.5) is 0 Å². The molecule has 0 radical (unpaired) electrons. The second kappa shape index (κ2) is 7.42. The molecule has 2 heterocycles. The minimum Gasteiger partial charge on any atom is -0.485 e. The van der Waals surface area contributed by atoms with Crippen LogP contribution in [0.25, 0.3) is 0 Å². The minimum absolute atomic E-state index is 0.149. The smallest absolute Gasteiger partial charge is 0.287 e. The highest BCUT2D eigenvalue weighted by atomic mass is 16.5. The summed E-state index contributed by atoms with van der Waals surface area (Å²) in [5.74, 6) is 0.979. The average Bonchev–Trinajstić information content (AvgIpc) is 3.05. The maximum atomic E-state index is 12.2. The van der Waals surface area contributed by atoms with E-state index in [1.54, 1.807) is 12.1 Å². The van der Waals surface area contributed by atoms with E-state index in [1.165, 1.54) is 5.56 Å². The summed E-state index contributed by atoms with van der Waals surface area (Å²) < 4.78 is 11.3. The fourth-order valence-electron chi connectivity index (χ4n) is 2.83. The third-order valence-electron chi connectivity index (χ3n) is 4.18. The van der Waals surface area contributed by atoms with Gasteiger partial charge in [-0.25, -0.2) is 0 Å². The lowest BCUT2D eigenvalue weighted by atomic mass is 10.1. The molecule has 25 heavy (non-hydrogen) atoms. The van der Waals surface area contributed by atoms with Gasteiger partial charge < -0.3 is 19.8 Å². The van der Waals surface area contributed by atoms with Crippen LogP contribution in [0, 0.1) is 13.8 Å². The third-order valence-corrected chi connectivity index (χ3v) is 4.18. The lowest BCUT2D eigenvalue weighted by Crippen LogP contribution is -2.50. The molecule has 0 aliphatic carbocycles. The monoisotopic (exact) mass is 342 g/mol. The van der Waals surface area contributed by atoms with E-state index in [0.29, 0.717) is 18.7 Å². The molecule has 1 aromatic heterocycles. The average molecular weight is 342 g/mol. The van der Waals surface area contributed by atoms with E-state index in [1.807, 2.05) is 32.0 Å². The summed E-state index contributed by atoms with van der Waals surface area (Å²) in [6.07, 6.45) is 1.49. The van der Waals surface area contributed by atoms with E-state index in [-0.39, 0.29) is 24.2 Å². The van der Waals surface area contributed by atoms with Crippen LogP contribution in [-0.4, -0.2) is 24.4 Å². The molecule has 3 rings (SSSR count). The van der Waals surface area contributed by atoms with E-state index >= 15 is 0 Å². The van der Waals surface area contributed by atoms with E-state index in [2.05, 4.69) is 10.6 Å². The van der Waals surface area contributed by atoms with Gasteiger partial charge in [-0.05, 0) is 50.5 Å². The van der Waals surface area contributed by atoms with Crippen LogP contribution < -0.4 is 15.4 Å². The molecule has 1 unspecified atom stereocenters. The summed E-state index contributed by atoms with van der Waals surface area (Å²) in [4.78, 5) is 23.9. The van der Waals surface area contributed by atoms with Crippen LogP contribution in [-0.2, 0) is 11.4 Å². The fourth-order valence-corrected chi connectivity index (χ4v) is 2.83. The summed E-state index contributed by atoms with van der Waals surface area (Å²) in [7, 11) is 0. The maximum Gasteiger partial charge on any atom is 0.287 e. The van der Waals surface area contributed by atoms with Crippen LogP contribution in [0.2, 0.25) is 0 Å². The highest BCUT2D eigenvalue weighted by molar-refractivity contribution is 5.95. The largest absolute Gasteiger partial charge is 0.485 e. The van der Waals surface area contributed by atoms with Crippen molar-refractivity contribution in [3.05, 3.63) is 53.0 Å². The van der Waals surface area contributed by atoms with Crippen molar-refractivity contribution in [3.8, 4) is 5.75 Å². The Balaban J connectivity index is 1.58. The number of hydrogen-bond acceptors (Lipinski definition) is 4. The Morgan fingerprint density at radius 3 is 2.92 bits per heavy atom. The Hall–Kier alpha value is -2.76. The van der Waals surface area contributed by atoms with Gasteiger partial charge in [0.1, 0.15) is 24.2 Å². The SMILES string of the molecule is Cc1ccc(OCc2ccc(C(=O)NC3CCCNC3=O)o2)c(C)c1. The number of nitrogens with one attached hydrogen (secondary N) is 2. The number of aryl methyl sites for hydroxylation is 2.